The number of hydrogen-bond acceptors (Lipinski definition) is 22. The van der Waals surface area contributed by atoms with Crippen molar-refractivity contribution >= 4 is 116 Å². The van der Waals surface area contributed by atoms with Crippen LogP contribution >= 0.6 is 0 Å². The van der Waals surface area contributed by atoms with Gasteiger partial charge in [-0.15, -0.1) is 0 Å². The van der Waals surface area contributed by atoms with Crippen molar-refractivity contribution < 1.29 is 77.0 Å². The fraction of sp³-hybridized carbons (Fsp3) is 0.533. The van der Waals surface area contributed by atoms with E-state index in [4.69, 9.17) is 51.3 Å². The van der Waals surface area contributed by atoms with Gasteiger partial charge in [0.25, 0.3) is 0 Å². The van der Waals surface area contributed by atoms with E-state index >= 15 is 19.2 Å². The van der Waals surface area contributed by atoms with Crippen LogP contribution in [0.15, 0.2) is 115 Å². The van der Waals surface area contributed by atoms with Crippen LogP contribution in [0.1, 0.15) is 167 Å². The largest absolute Gasteiger partial charge is 0.394 e. The molecule has 0 aromatic heterocycles. The van der Waals surface area contributed by atoms with Crippen LogP contribution in [0.2, 0.25) is 0 Å². The van der Waals surface area contributed by atoms with Gasteiger partial charge in [0, 0.05) is 32.2 Å². The van der Waals surface area contributed by atoms with E-state index in [1.165, 1.54) is 6.92 Å². The van der Waals surface area contributed by atoms with E-state index in [9.17, 15) is 57.8 Å². The van der Waals surface area contributed by atoms with E-state index in [-0.39, 0.29) is 102 Å². The topological polar surface area (TPSA) is 677 Å². The minimum absolute atomic E-state index is 0.0378. The second kappa shape index (κ2) is 57.5. The molecule has 5 aromatic carbocycles. The van der Waals surface area contributed by atoms with Gasteiger partial charge in [0.15, 0.2) is 5.96 Å². The Balaban J connectivity index is 1.43. The van der Waals surface area contributed by atoms with Crippen LogP contribution in [0.3, 0.4) is 0 Å². The number of hydrogen-bond donors (Lipinski definition) is 24. The van der Waals surface area contributed by atoms with E-state index in [0.717, 1.165) is 10.8 Å². The van der Waals surface area contributed by atoms with Gasteiger partial charge in [0.05, 0.1) is 19.2 Å². The Morgan fingerprint density at radius 2 is 0.767 bits per heavy atom. The molecule has 39 nitrogen and oxygen atoms in total. The van der Waals surface area contributed by atoms with Crippen molar-refractivity contribution in [3.8, 4) is 0 Å². The molecule has 0 spiro atoms. The van der Waals surface area contributed by atoms with Gasteiger partial charge in [0.1, 0.15) is 72.5 Å². The van der Waals surface area contributed by atoms with E-state index in [1.54, 1.807) is 92.7 Å². The van der Waals surface area contributed by atoms with Gasteiger partial charge in [-0.05, 0) is 179 Å². The molecule has 5 rings (SSSR count). The quantitative estimate of drug-likeness (QED) is 0.0113. The molecule has 0 unspecified atom stereocenters. The Bertz CT molecular complexity index is 4510. The number of primary amides is 2. The van der Waals surface area contributed by atoms with Crippen LogP contribution in [0, 0.1) is 17.2 Å². The first-order chi connectivity index (χ1) is 61.6. The molecule has 0 bridgehead atoms. The lowest BCUT2D eigenvalue weighted by Crippen LogP contribution is -2.61. The third kappa shape index (κ3) is 37.9. The summed E-state index contributed by atoms with van der Waals surface area (Å²) in [5.41, 5.74) is 48.0. The second-order valence-corrected chi connectivity index (χ2v) is 32.8. The summed E-state index contributed by atoms with van der Waals surface area (Å²) in [6, 6.07) is 15.6. The third-order valence-corrected chi connectivity index (χ3v) is 21.9. The van der Waals surface area contributed by atoms with Crippen LogP contribution in [-0.2, 0) is 91.2 Å². The van der Waals surface area contributed by atoms with Gasteiger partial charge in [-0.1, -0.05) is 156 Å². The fourth-order valence-corrected chi connectivity index (χ4v) is 14.4. The van der Waals surface area contributed by atoms with Crippen molar-refractivity contribution in [1.82, 2.24) is 74.4 Å². The molecule has 15 amide bonds. The zero-order chi connectivity index (χ0) is 95.1. The number of unbranched alkanes of at least 4 members (excludes halogenated alkanes) is 4. The van der Waals surface area contributed by atoms with Gasteiger partial charge in [0.2, 0.25) is 88.6 Å². The first-order valence-electron chi connectivity index (χ1n) is 44.4. The average Bonchev–Trinajstić information content (AvgIpc) is 0.818. The summed E-state index contributed by atoms with van der Waals surface area (Å²) in [7, 11) is 0. The minimum Gasteiger partial charge on any atom is -0.394 e. The van der Waals surface area contributed by atoms with Crippen molar-refractivity contribution in [3.63, 3.8) is 0 Å². The number of benzene rings is 5. The molecule has 0 aliphatic rings. The monoisotopic (exact) mass is 1800 g/mol. The maximum Gasteiger partial charge on any atom is 0.245 e. The summed E-state index contributed by atoms with van der Waals surface area (Å²) in [5, 5.41) is 58.3. The van der Waals surface area contributed by atoms with Gasteiger partial charge in [-0.25, -0.2) is 0 Å². The summed E-state index contributed by atoms with van der Waals surface area (Å²) < 4.78 is 0. The van der Waals surface area contributed by atoms with Crippen LogP contribution < -0.4 is 120 Å². The zero-order valence-corrected chi connectivity index (χ0v) is 74.6. The van der Waals surface area contributed by atoms with Crippen molar-refractivity contribution in [3.05, 3.63) is 132 Å². The summed E-state index contributed by atoms with van der Waals surface area (Å²) in [6.45, 7) is 7.79. The molecule has 14 atom stereocenters. The molecule has 0 aliphatic carbocycles. The van der Waals surface area contributed by atoms with Crippen LogP contribution in [0.5, 0.6) is 0 Å². The lowest BCUT2D eigenvalue weighted by Gasteiger charge is -2.28. The Morgan fingerprint density at radius 3 is 1.24 bits per heavy atom. The standard InChI is InChI=1S/C90H137N23O16/c1-6-54(4)76(89(129)104-64(77(97)117)36-15-19-43-92)113-88(128)73(52-114)103-75(116)51-101-80(120)65(37-16-20-44-93)106-86(126)71(49-59-31-22-29-57-27-10-12-33-61(57)59)111-82(122)66(38-17-21-45-94)105-78(118)55(5)102-81(121)68(40-41-74(96)115)108-87(127)72(50-60-32-23-30-58-28-11-13-34-62(58)60)112-83(123)67(39-24-46-100-90(98)99)107-85(125)70(48-56-25-8-7-9-26-56)110-84(124)69(47-53(2)3)109-79(119)63(95)35-14-18-42-91/h7-13,22-23,25-34,53-55,63-73,76,114H,6,14-21,24,35-52,91-95H2,1-5H3,(H2,96,115)(H2,97,117)(H,101,120)(H,102,121)(H,103,116)(H,104,129)(H,105,118)(H,106,126)(H,107,125)(H,108,127)(H,109,119)(H,110,124)(H,111,122)(H,112,123)(H,113,128)(H4,98,99,100)/t54-,55+,63+,64+,65+,66+,67+,68+,69+,70+,71+,72+,73+,76+/m0/s1. The van der Waals surface area contributed by atoms with E-state index in [1.807, 2.05) is 50.2 Å². The molecule has 0 saturated carbocycles. The molecule has 0 fully saturated rings. The van der Waals surface area contributed by atoms with E-state index < -0.39 is 199 Å². The normalized spacial score (nSPS) is 14.5. The number of fused-ring (bicyclic) bond motifs is 2. The molecule has 0 aliphatic heterocycles. The maximum atomic E-state index is 15.3. The summed E-state index contributed by atoms with van der Waals surface area (Å²) in [4.78, 5) is 213. The van der Waals surface area contributed by atoms with Crippen molar-refractivity contribution in [2.75, 3.05) is 45.9 Å². The summed E-state index contributed by atoms with van der Waals surface area (Å²) >= 11 is 0. The van der Waals surface area contributed by atoms with Gasteiger partial charge < -0.3 is 125 Å². The number of aliphatic hydroxyl groups excluding tert-OH is 1. The van der Waals surface area contributed by atoms with E-state index in [2.05, 4.69) is 74.4 Å². The predicted molar refractivity (Wildman–Crippen MR) is 490 cm³/mol. The Hall–Kier alpha value is -12.3. The second-order valence-electron chi connectivity index (χ2n) is 32.8. The molecular formula is C90H137N23O16. The number of carbonyl (C=O) groups excluding carboxylic acids is 15. The first kappa shape index (κ1) is 107. The number of carbonyl (C=O) groups is 15. The van der Waals surface area contributed by atoms with Gasteiger partial charge in [-0.3, -0.25) is 77.3 Å². The van der Waals surface area contributed by atoms with Crippen LogP contribution in [0.25, 0.3) is 21.5 Å². The SMILES string of the molecule is CC[C@H](C)[C@@H](NC(=O)[C@@H](CO)NC(=O)CNC(=O)[C@@H](CCCCN)NC(=O)[C@@H](Cc1cccc2ccccc12)NC(=O)[C@@H](CCCCN)NC(=O)[C@@H](C)NC(=O)[C@@H](CCC(N)=O)NC(=O)[C@@H](Cc1cccc2ccccc12)NC(=O)[C@@H](CCCNC(=N)N)NC(=O)[C@@H](Cc1ccccc1)NC(=O)[C@@H](CC(C)C)NC(=O)[C@H](N)CCCCN)C(=O)N[C@H](CCCCN)C(N)=O. The number of nitrogens with two attached hydrogens (primary N) is 8. The Morgan fingerprint density at radius 1 is 0.372 bits per heavy atom. The zero-order valence-electron chi connectivity index (χ0n) is 74.6. The van der Waals surface area contributed by atoms with Gasteiger partial charge in [-0.2, -0.15) is 0 Å². The number of aliphatic hydroxyl groups is 1. The fourth-order valence-electron chi connectivity index (χ4n) is 14.4. The maximum absolute atomic E-state index is 15.3. The number of nitrogens with one attached hydrogen (secondary N) is 15. The highest BCUT2D eigenvalue weighted by Gasteiger charge is 2.38. The number of rotatable bonds is 61. The highest BCUT2D eigenvalue weighted by molar-refractivity contribution is 6.01. The lowest BCUT2D eigenvalue weighted by atomic mass is 9.97. The molecule has 5 aromatic rings. The molecule has 0 heterocycles. The number of amides is 15. The first-order valence-corrected chi connectivity index (χ1v) is 44.4. The lowest BCUT2D eigenvalue weighted by molar-refractivity contribution is -0.136. The molecule has 708 valence electrons. The van der Waals surface area contributed by atoms with Crippen molar-refractivity contribution in [1.29, 1.82) is 5.41 Å². The third-order valence-electron chi connectivity index (χ3n) is 21.9. The van der Waals surface area contributed by atoms with Crippen LogP contribution in [-0.4, -0.2) is 224 Å². The summed E-state index contributed by atoms with van der Waals surface area (Å²) in [6.07, 6.45) is 2.78. The molecule has 0 saturated heterocycles. The van der Waals surface area contributed by atoms with Gasteiger partial charge >= 0.3 is 0 Å². The van der Waals surface area contributed by atoms with Crippen LogP contribution in [0.4, 0.5) is 0 Å². The van der Waals surface area contributed by atoms with Crippen molar-refractivity contribution in [2.24, 2.45) is 57.7 Å². The van der Waals surface area contributed by atoms with Crippen molar-refractivity contribution in [2.45, 2.75) is 248 Å². The summed E-state index contributed by atoms with van der Waals surface area (Å²) in [5.74, 6) is -14.1. The highest BCUT2D eigenvalue weighted by Crippen LogP contribution is 2.24. The smallest absolute Gasteiger partial charge is 0.245 e. The molecule has 129 heavy (non-hydrogen) atoms. The average molecular weight is 1800 g/mol. The Labute approximate surface area is 753 Å². The highest BCUT2D eigenvalue weighted by atomic mass is 16.3. The molecule has 32 N–H and O–H groups in total. The minimum atomic E-state index is -1.68. The molecule has 0 radical (unpaired) electrons. The number of guanidine groups is 1. The molecular weight excluding hydrogens is 1660 g/mol. The molecule has 39 heteroatoms. The predicted octanol–water partition coefficient (Wildman–Crippen LogP) is -2.08. The van der Waals surface area contributed by atoms with E-state index in [0.29, 0.717) is 91.9 Å². The Kier molecular flexibility index (Phi) is 47.8.